The van der Waals surface area contributed by atoms with Crippen molar-refractivity contribution in [1.82, 2.24) is 25.3 Å². The van der Waals surface area contributed by atoms with Crippen molar-refractivity contribution in [2.45, 2.75) is 18.6 Å². The SMILES string of the molecule is Cl.Cn1ncc2c(NC3CNCC(O)C3)nnc(Cl)c21. The van der Waals surface area contributed by atoms with Crippen molar-refractivity contribution in [3.8, 4) is 0 Å². The van der Waals surface area contributed by atoms with Crippen molar-refractivity contribution >= 4 is 40.7 Å². The van der Waals surface area contributed by atoms with E-state index >= 15 is 0 Å². The predicted octanol–water partition coefficient (Wildman–Crippen LogP) is 0.573. The number of aryl methyl sites for hydroxylation is 1. The lowest BCUT2D eigenvalue weighted by molar-refractivity contribution is 0.136. The van der Waals surface area contributed by atoms with Gasteiger partial charge in [-0.25, -0.2) is 0 Å². The van der Waals surface area contributed by atoms with Crippen LogP contribution in [0.25, 0.3) is 10.9 Å². The molecule has 1 saturated heterocycles. The van der Waals surface area contributed by atoms with E-state index in [1.807, 2.05) is 7.05 Å². The molecule has 0 radical (unpaired) electrons. The van der Waals surface area contributed by atoms with E-state index in [0.29, 0.717) is 23.9 Å². The maximum absolute atomic E-state index is 9.64. The van der Waals surface area contributed by atoms with E-state index in [0.717, 1.165) is 17.4 Å². The van der Waals surface area contributed by atoms with Gasteiger partial charge in [0, 0.05) is 26.2 Å². The smallest absolute Gasteiger partial charge is 0.177 e. The van der Waals surface area contributed by atoms with Crippen LogP contribution in [0.3, 0.4) is 0 Å². The maximum Gasteiger partial charge on any atom is 0.177 e. The molecule has 0 aliphatic carbocycles. The van der Waals surface area contributed by atoms with Crippen molar-refractivity contribution in [2.24, 2.45) is 7.05 Å². The summed E-state index contributed by atoms with van der Waals surface area (Å²) < 4.78 is 1.67. The van der Waals surface area contributed by atoms with Gasteiger partial charge in [0.1, 0.15) is 5.52 Å². The Morgan fingerprint density at radius 3 is 3.00 bits per heavy atom. The molecular weight excluding hydrogens is 303 g/mol. The lowest BCUT2D eigenvalue weighted by atomic mass is 10.1. The Hall–Kier alpha value is -1.15. The van der Waals surface area contributed by atoms with Crippen molar-refractivity contribution in [1.29, 1.82) is 0 Å². The summed E-state index contributed by atoms with van der Waals surface area (Å²) in [5.41, 5.74) is 0.753. The Labute approximate surface area is 127 Å². The second-order valence-corrected chi connectivity index (χ2v) is 5.12. The molecule has 2 atom stereocenters. The number of fused-ring (bicyclic) bond motifs is 1. The minimum Gasteiger partial charge on any atom is -0.392 e. The third-order valence-electron chi connectivity index (χ3n) is 3.30. The van der Waals surface area contributed by atoms with Crippen LogP contribution in [0, 0.1) is 0 Å². The van der Waals surface area contributed by atoms with Gasteiger partial charge in [0.2, 0.25) is 0 Å². The van der Waals surface area contributed by atoms with Crippen LogP contribution < -0.4 is 10.6 Å². The summed E-state index contributed by atoms with van der Waals surface area (Å²) in [6.45, 7) is 1.41. The van der Waals surface area contributed by atoms with Gasteiger partial charge in [0.15, 0.2) is 11.0 Å². The zero-order valence-electron chi connectivity index (χ0n) is 10.9. The van der Waals surface area contributed by atoms with Crippen LogP contribution in [0.1, 0.15) is 6.42 Å². The Morgan fingerprint density at radius 1 is 1.45 bits per heavy atom. The van der Waals surface area contributed by atoms with E-state index in [4.69, 9.17) is 11.6 Å². The molecule has 3 heterocycles. The topological polar surface area (TPSA) is 87.9 Å². The number of halogens is 2. The van der Waals surface area contributed by atoms with E-state index in [2.05, 4.69) is 25.9 Å². The van der Waals surface area contributed by atoms with Crippen LogP contribution in [0.5, 0.6) is 0 Å². The molecule has 0 spiro atoms. The molecule has 20 heavy (non-hydrogen) atoms. The van der Waals surface area contributed by atoms with Crippen LogP contribution in [-0.2, 0) is 7.05 Å². The highest BCUT2D eigenvalue weighted by Crippen LogP contribution is 2.26. The summed E-state index contributed by atoms with van der Waals surface area (Å²) in [7, 11) is 1.81. The van der Waals surface area contributed by atoms with E-state index < -0.39 is 0 Å². The number of hydrogen-bond donors (Lipinski definition) is 3. The van der Waals surface area contributed by atoms with Gasteiger partial charge in [-0.1, -0.05) is 11.6 Å². The summed E-state index contributed by atoms with van der Waals surface area (Å²) in [5.74, 6) is 0.647. The first-order valence-electron chi connectivity index (χ1n) is 6.14. The molecule has 110 valence electrons. The highest BCUT2D eigenvalue weighted by molar-refractivity contribution is 6.34. The average Bonchev–Trinajstić information content (AvgIpc) is 2.76. The normalized spacial score (nSPS) is 22.6. The van der Waals surface area contributed by atoms with Crippen LogP contribution in [0.2, 0.25) is 5.15 Å². The molecule has 3 rings (SSSR count). The summed E-state index contributed by atoms with van der Waals surface area (Å²) in [4.78, 5) is 0. The van der Waals surface area contributed by atoms with Crippen LogP contribution in [0.15, 0.2) is 6.20 Å². The molecule has 2 aromatic heterocycles. The van der Waals surface area contributed by atoms with E-state index in [9.17, 15) is 5.11 Å². The number of aromatic nitrogens is 4. The number of β-amino-alcohol motifs (C(OH)–C–C–N with tert-alkyl or cyclic N) is 1. The maximum atomic E-state index is 9.64. The van der Waals surface area contributed by atoms with Crippen molar-refractivity contribution in [3.05, 3.63) is 11.3 Å². The Kier molecular flexibility index (Phi) is 4.64. The minimum absolute atomic E-state index is 0. The molecule has 3 N–H and O–H groups in total. The van der Waals surface area contributed by atoms with E-state index in [-0.39, 0.29) is 24.6 Å². The van der Waals surface area contributed by atoms with Crippen LogP contribution >= 0.6 is 24.0 Å². The van der Waals surface area contributed by atoms with Gasteiger partial charge < -0.3 is 15.7 Å². The zero-order valence-corrected chi connectivity index (χ0v) is 12.4. The standard InChI is InChI=1S/C11H15ClN6O.ClH/c1-18-9-8(5-14-18)11(17-16-10(9)12)15-6-2-7(19)4-13-3-6;/h5-7,13,19H,2-4H2,1H3,(H,15,17);1H. The van der Waals surface area contributed by atoms with Gasteiger partial charge in [-0.3, -0.25) is 4.68 Å². The number of aliphatic hydroxyl groups excluding tert-OH is 1. The molecule has 2 unspecified atom stereocenters. The van der Waals surface area contributed by atoms with Gasteiger partial charge in [-0.15, -0.1) is 22.6 Å². The molecule has 1 aliphatic rings. The molecule has 0 aromatic carbocycles. The van der Waals surface area contributed by atoms with Gasteiger partial charge >= 0.3 is 0 Å². The molecule has 7 nitrogen and oxygen atoms in total. The zero-order chi connectivity index (χ0) is 13.4. The number of nitrogens with zero attached hydrogens (tertiary/aromatic N) is 4. The Morgan fingerprint density at radius 2 is 2.25 bits per heavy atom. The summed E-state index contributed by atoms with van der Waals surface area (Å²) in [6.07, 6.45) is 2.06. The first kappa shape index (κ1) is 15.2. The second-order valence-electron chi connectivity index (χ2n) is 4.76. The molecule has 0 amide bonds. The highest BCUT2D eigenvalue weighted by atomic mass is 35.5. The van der Waals surface area contributed by atoms with Crippen molar-refractivity contribution in [3.63, 3.8) is 0 Å². The third kappa shape index (κ3) is 2.80. The fourth-order valence-electron chi connectivity index (χ4n) is 2.38. The molecule has 1 aliphatic heterocycles. The van der Waals surface area contributed by atoms with E-state index in [1.54, 1.807) is 10.9 Å². The number of piperidine rings is 1. The fourth-order valence-corrected chi connectivity index (χ4v) is 2.64. The number of hydrogen-bond acceptors (Lipinski definition) is 6. The lowest BCUT2D eigenvalue weighted by Gasteiger charge is -2.27. The van der Waals surface area contributed by atoms with Crippen LogP contribution in [-0.4, -0.2) is 50.3 Å². The molecule has 0 saturated carbocycles. The highest BCUT2D eigenvalue weighted by Gasteiger charge is 2.21. The Balaban J connectivity index is 0.00000147. The first-order valence-corrected chi connectivity index (χ1v) is 6.52. The average molecular weight is 319 g/mol. The van der Waals surface area contributed by atoms with E-state index in [1.165, 1.54) is 0 Å². The monoisotopic (exact) mass is 318 g/mol. The number of rotatable bonds is 2. The summed E-state index contributed by atoms with van der Waals surface area (Å²) >= 11 is 6.03. The lowest BCUT2D eigenvalue weighted by Crippen LogP contribution is -2.45. The largest absolute Gasteiger partial charge is 0.392 e. The fraction of sp³-hybridized carbons (Fsp3) is 0.545. The minimum atomic E-state index is -0.337. The number of anilines is 1. The van der Waals surface area contributed by atoms with Crippen LogP contribution in [0.4, 0.5) is 5.82 Å². The van der Waals surface area contributed by atoms with Gasteiger partial charge in [-0.05, 0) is 6.42 Å². The first-order chi connectivity index (χ1) is 9.15. The number of nitrogens with one attached hydrogen (secondary N) is 2. The predicted molar refractivity (Wildman–Crippen MR) is 79.5 cm³/mol. The van der Waals surface area contributed by atoms with Gasteiger partial charge in [-0.2, -0.15) is 5.10 Å². The number of aliphatic hydroxyl groups is 1. The van der Waals surface area contributed by atoms with Crippen molar-refractivity contribution in [2.75, 3.05) is 18.4 Å². The Bertz CT molecular complexity index is 604. The van der Waals surface area contributed by atoms with Crippen molar-refractivity contribution < 1.29 is 5.11 Å². The molecule has 2 aromatic rings. The summed E-state index contributed by atoms with van der Waals surface area (Å²) in [6, 6.07) is 0.114. The quantitative estimate of drug-likeness (QED) is 0.750. The molecule has 0 bridgehead atoms. The van der Waals surface area contributed by atoms with Gasteiger partial charge in [0.05, 0.1) is 17.7 Å². The second kappa shape index (κ2) is 6.09. The third-order valence-corrected chi connectivity index (χ3v) is 3.55. The molecule has 9 heteroatoms. The molecule has 1 fully saturated rings. The summed E-state index contributed by atoms with van der Waals surface area (Å²) in [5, 5.41) is 29.5. The molecular formula is C11H16Cl2N6O. The van der Waals surface area contributed by atoms with Gasteiger partial charge in [0.25, 0.3) is 0 Å².